The first kappa shape index (κ1) is 20.2. The number of rotatable bonds is 6. The predicted molar refractivity (Wildman–Crippen MR) is 125 cm³/mol. The lowest BCUT2D eigenvalue weighted by atomic mass is 9.85. The van der Waals surface area contributed by atoms with Crippen LogP contribution in [-0.4, -0.2) is 45.8 Å². The van der Waals surface area contributed by atoms with Crippen LogP contribution in [0, 0.1) is 11.8 Å². The van der Waals surface area contributed by atoms with Crippen LogP contribution in [0.2, 0.25) is 0 Å². The minimum atomic E-state index is -0.337. The number of benzene rings is 1. The Morgan fingerprint density at radius 2 is 2.13 bits per heavy atom. The molecule has 8 heteroatoms. The summed E-state index contributed by atoms with van der Waals surface area (Å²) in [6.07, 6.45) is 5.99. The number of aliphatic imine (C=N–C) groups is 1. The number of primary amides is 1. The molecule has 2 aromatic rings. The third kappa shape index (κ3) is 3.83. The van der Waals surface area contributed by atoms with Gasteiger partial charge in [-0.1, -0.05) is 36.7 Å². The van der Waals surface area contributed by atoms with E-state index in [1.807, 2.05) is 0 Å². The van der Waals surface area contributed by atoms with E-state index in [-0.39, 0.29) is 28.5 Å². The first-order valence-electron chi connectivity index (χ1n) is 10.9. The molecule has 0 radical (unpaired) electrons. The summed E-state index contributed by atoms with van der Waals surface area (Å²) < 4.78 is -0.291. The highest BCUT2D eigenvalue weighted by Crippen LogP contribution is 2.40. The standard InChI is InChI=1S/C22H28ClN5OS/c23-20-19(17(21(24)29)13-8-9-25-11-13)28-22(30-20)16-10-12-4-3-7-15(18(12)27-16)26-14-5-1-2-6-14/h3-4,7,10,13-14,17,19-20,25-27H,1-2,5-6,8-9,11H2,(H2,24,29). The molecule has 1 saturated carbocycles. The molecule has 5 N–H and O–H groups in total. The van der Waals surface area contributed by atoms with Gasteiger partial charge in [-0.05, 0) is 50.4 Å². The number of carbonyl (C=O) groups is 1. The second kappa shape index (κ2) is 8.44. The van der Waals surface area contributed by atoms with Gasteiger partial charge in [-0.2, -0.15) is 0 Å². The molecule has 4 atom stereocenters. The zero-order chi connectivity index (χ0) is 20.7. The van der Waals surface area contributed by atoms with Crippen molar-refractivity contribution in [2.24, 2.45) is 22.6 Å². The number of alkyl halides is 1. The van der Waals surface area contributed by atoms with Gasteiger partial charge in [-0.15, -0.1) is 11.6 Å². The van der Waals surface area contributed by atoms with E-state index >= 15 is 0 Å². The van der Waals surface area contributed by atoms with E-state index in [9.17, 15) is 4.79 Å². The van der Waals surface area contributed by atoms with Gasteiger partial charge in [0.1, 0.15) is 9.75 Å². The molecule has 160 valence electrons. The van der Waals surface area contributed by atoms with E-state index in [1.165, 1.54) is 37.4 Å². The second-order valence-electron chi connectivity index (χ2n) is 8.65. The van der Waals surface area contributed by atoms with E-state index in [0.717, 1.165) is 46.8 Å². The number of fused-ring (bicyclic) bond motifs is 1. The predicted octanol–water partition coefficient (Wildman–Crippen LogP) is 3.66. The van der Waals surface area contributed by atoms with Crippen LogP contribution >= 0.6 is 23.4 Å². The molecular formula is C22H28ClN5OS. The molecule has 0 bridgehead atoms. The summed E-state index contributed by atoms with van der Waals surface area (Å²) in [4.78, 5) is 20.7. The molecule has 2 fully saturated rings. The van der Waals surface area contributed by atoms with Crippen LogP contribution in [0.25, 0.3) is 10.9 Å². The molecule has 1 aliphatic carbocycles. The molecule has 3 aliphatic rings. The van der Waals surface area contributed by atoms with Crippen molar-refractivity contribution in [3.63, 3.8) is 0 Å². The highest BCUT2D eigenvalue weighted by Gasteiger charge is 2.43. The largest absolute Gasteiger partial charge is 0.381 e. The average Bonchev–Trinajstić information content (AvgIpc) is 3.50. The van der Waals surface area contributed by atoms with Crippen molar-refractivity contribution in [1.82, 2.24) is 10.3 Å². The molecule has 0 spiro atoms. The van der Waals surface area contributed by atoms with E-state index in [0.29, 0.717) is 6.04 Å². The van der Waals surface area contributed by atoms with E-state index in [2.05, 4.69) is 39.9 Å². The van der Waals surface area contributed by atoms with Crippen molar-refractivity contribution in [3.05, 3.63) is 30.0 Å². The second-order valence-corrected chi connectivity index (χ2v) is 10.5. The van der Waals surface area contributed by atoms with Crippen molar-refractivity contribution < 1.29 is 4.79 Å². The maximum atomic E-state index is 12.3. The van der Waals surface area contributed by atoms with Crippen molar-refractivity contribution in [3.8, 4) is 0 Å². The molecule has 2 aliphatic heterocycles. The SMILES string of the molecule is NC(=O)C(C1CCNC1)C1N=C(c2cc3cccc(NC4CCCC4)c3[nH]2)SC1Cl. The first-order valence-corrected chi connectivity index (χ1v) is 12.2. The zero-order valence-electron chi connectivity index (χ0n) is 16.9. The van der Waals surface area contributed by atoms with Gasteiger partial charge in [0.05, 0.1) is 28.9 Å². The van der Waals surface area contributed by atoms with Crippen molar-refractivity contribution in [1.29, 1.82) is 0 Å². The summed E-state index contributed by atoms with van der Waals surface area (Å²) in [6.45, 7) is 1.71. The summed E-state index contributed by atoms with van der Waals surface area (Å²) in [5, 5.41) is 9.04. The van der Waals surface area contributed by atoms with Crippen LogP contribution in [0.3, 0.4) is 0 Å². The molecule has 1 aromatic heterocycles. The minimum absolute atomic E-state index is 0.197. The molecule has 6 nitrogen and oxygen atoms in total. The summed E-state index contributed by atoms with van der Waals surface area (Å²) >= 11 is 8.20. The number of hydrogen-bond donors (Lipinski definition) is 4. The normalized spacial score (nSPS) is 28.2. The Bertz CT molecular complexity index is 964. The maximum Gasteiger partial charge on any atom is 0.223 e. The number of aromatic nitrogens is 1. The highest BCUT2D eigenvalue weighted by atomic mass is 35.5. The van der Waals surface area contributed by atoms with Gasteiger partial charge in [-0.3, -0.25) is 9.79 Å². The van der Waals surface area contributed by atoms with Gasteiger partial charge < -0.3 is 21.4 Å². The van der Waals surface area contributed by atoms with Crippen LogP contribution < -0.4 is 16.4 Å². The number of carbonyl (C=O) groups excluding carboxylic acids is 1. The summed E-state index contributed by atoms with van der Waals surface area (Å²) in [6, 6.07) is 8.72. The van der Waals surface area contributed by atoms with E-state index in [1.54, 1.807) is 0 Å². The number of anilines is 1. The number of thioether (sulfide) groups is 1. The maximum absolute atomic E-state index is 12.3. The molecule has 4 unspecified atom stereocenters. The smallest absolute Gasteiger partial charge is 0.223 e. The van der Waals surface area contributed by atoms with Crippen LogP contribution in [0.5, 0.6) is 0 Å². The van der Waals surface area contributed by atoms with Crippen molar-refractivity contribution in [2.75, 3.05) is 18.4 Å². The molecule has 30 heavy (non-hydrogen) atoms. The van der Waals surface area contributed by atoms with Crippen LogP contribution in [-0.2, 0) is 4.79 Å². The quantitative estimate of drug-likeness (QED) is 0.510. The zero-order valence-corrected chi connectivity index (χ0v) is 18.4. The van der Waals surface area contributed by atoms with Gasteiger partial charge in [0, 0.05) is 11.4 Å². The molecule has 1 amide bonds. The average molecular weight is 446 g/mol. The number of nitrogens with zero attached hydrogens (tertiary/aromatic N) is 1. The number of aromatic amines is 1. The fourth-order valence-electron chi connectivity index (χ4n) is 5.12. The molecule has 3 heterocycles. The Labute approximate surface area is 185 Å². The third-order valence-corrected chi connectivity index (χ3v) is 8.24. The fraction of sp³-hybridized carbons (Fsp3) is 0.545. The van der Waals surface area contributed by atoms with Gasteiger partial charge in [0.25, 0.3) is 0 Å². The summed E-state index contributed by atoms with van der Waals surface area (Å²) in [5.74, 6) is -0.441. The molecule has 5 rings (SSSR count). The lowest BCUT2D eigenvalue weighted by Gasteiger charge is -2.25. The molecule has 1 aromatic carbocycles. The number of H-pyrrole nitrogens is 1. The minimum Gasteiger partial charge on any atom is -0.381 e. The number of hydrogen-bond acceptors (Lipinski definition) is 5. The summed E-state index contributed by atoms with van der Waals surface area (Å²) in [7, 11) is 0. The number of nitrogens with one attached hydrogen (secondary N) is 3. The van der Waals surface area contributed by atoms with Gasteiger partial charge >= 0.3 is 0 Å². The van der Waals surface area contributed by atoms with Gasteiger partial charge in [-0.25, -0.2) is 0 Å². The number of nitrogens with two attached hydrogens (primary N) is 1. The molecule has 1 saturated heterocycles. The highest BCUT2D eigenvalue weighted by molar-refractivity contribution is 8.16. The van der Waals surface area contributed by atoms with Crippen LogP contribution in [0.4, 0.5) is 5.69 Å². The number of halogens is 1. The number of amides is 1. The monoisotopic (exact) mass is 445 g/mol. The van der Waals surface area contributed by atoms with E-state index in [4.69, 9.17) is 22.3 Å². The fourth-order valence-corrected chi connectivity index (χ4v) is 6.59. The topological polar surface area (TPSA) is 95.3 Å². The Balaban J connectivity index is 1.43. The Kier molecular flexibility index (Phi) is 5.69. The lowest BCUT2D eigenvalue weighted by molar-refractivity contribution is -0.123. The van der Waals surface area contributed by atoms with Crippen molar-refractivity contribution >= 4 is 50.9 Å². The lowest BCUT2D eigenvalue weighted by Crippen LogP contribution is -2.41. The first-order chi connectivity index (χ1) is 14.6. The van der Waals surface area contributed by atoms with E-state index < -0.39 is 0 Å². The molecular weight excluding hydrogens is 418 g/mol. The van der Waals surface area contributed by atoms with Gasteiger partial charge in [0.15, 0.2) is 0 Å². The Morgan fingerprint density at radius 3 is 2.87 bits per heavy atom. The third-order valence-electron chi connectivity index (χ3n) is 6.66. The van der Waals surface area contributed by atoms with Gasteiger partial charge in [0.2, 0.25) is 5.91 Å². The number of para-hydroxylation sites is 1. The van der Waals surface area contributed by atoms with Crippen molar-refractivity contribution in [2.45, 2.75) is 48.9 Å². The summed E-state index contributed by atoms with van der Waals surface area (Å²) in [5.41, 5.74) is 8.98. The Hall–Kier alpha value is -1.70. The van der Waals surface area contributed by atoms with Crippen LogP contribution in [0.1, 0.15) is 37.8 Å². The Morgan fingerprint density at radius 1 is 1.30 bits per heavy atom. The van der Waals surface area contributed by atoms with Crippen LogP contribution in [0.15, 0.2) is 29.3 Å².